The number of aliphatic carboxylic acids is 1. The number of hydrogen-bond donors (Lipinski definition) is 1. The van der Waals surface area contributed by atoms with E-state index in [-0.39, 0.29) is 31.1 Å². The predicted octanol–water partition coefficient (Wildman–Crippen LogP) is 5.68. The van der Waals surface area contributed by atoms with Crippen LogP contribution in [0.15, 0.2) is 66.9 Å². The van der Waals surface area contributed by atoms with Crippen LogP contribution in [0.25, 0.3) is 22.0 Å². The lowest BCUT2D eigenvalue weighted by atomic mass is 10.0. The first kappa shape index (κ1) is 23.0. The quantitative estimate of drug-likeness (QED) is 0.362. The lowest BCUT2D eigenvalue weighted by Crippen LogP contribution is -2.11. The molecule has 0 aliphatic heterocycles. The summed E-state index contributed by atoms with van der Waals surface area (Å²) in [4.78, 5) is 23.1. The highest BCUT2D eigenvalue weighted by molar-refractivity contribution is 5.94. The van der Waals surface area contributed by atoms with Crippen LogP contribution in [0.2, 0.25) is 0 Å². The van der Waals surface area contributed by atoms with Crippen molar-refractivity contribution in [1.82, 2.24) is 4.57 Å². The number of aromatic nitrogens is 1. The number of carboxylic acid groups (broad SMARTS) is 1. The van der Waals surface area contributed by atoms with Gasteiger partial charge in [-0.25, -0.2) is 8.78 Å². The fourth-order valence-corrected chi connectivity index (χ4v) is 3.72. The van der Waals surface area contributed by atoms with E-state index in [1.165, 1.54) is 11.7 Å². The molecule has 0 saturated heterocycles. The number of methoxy groups -OCH3 is 1. The lowest BCUT2D eigenvalue weighted by molar-refractivity contribution is -0.137. The zero-order valence-electron chi connectivity index (χ0n) is 18.3. The van der Waals surface area contributed by atoms with Crippen molar-refractivity contribution in [2.75, 3.05) is 7.11 Å². The van der Waals surface area contributed by atoms with Gasteiger partial charge >= 0.3 is 5.97 Å². The van der Waals surface area contributed by atoms with Crippen molar-refractivity contribution < 1.29 is 33.0 Å². The third kappa shape index (κ3) is 4.76. The average molecular weight is 465 g/mol. The van der Waals surface area contributed by atoms with Gasteiger partial charge in [0.05, 0.1) is 19.0 Å². The maximum absolute atomic E-state index is 13.7. The van der Waals surface area contributed by atoms with E-state index in [4.69, 9.17) is 14.6 Å². The number of fused-ring (bicyclic) bond motifs is 1. The third-order valence-electron chi connectivity index (χ3n) is 5.45. The van der Waals surface area contributed by atoms with Gasteiger partial charge < -0.3 is 14.6 Å². The monoisotopic (exact) mass is 465 g/mol. The Labute approximate surface area is 194 Å². The van der Waals surface area contributed by atoms with Crippen LogP contribution >= 0.6 is 0 Å². The van der Waals surface area contributed by atoms with Gasteiger partial charge in [0.2, 0.25) is 5.91 Å². The number of nitrogens with zero attached hydrogens (tertiary/aromatic N) is 1. The zero-order chi connectivity index (χ0) is 24.2. The molecule has 1 aromatic heterocycles. The minimum atomic E-state index is -1.02. The van der Waals surface area contributed by atoms with Crippen LogP contribution in [0.4, 0.5) is 8.78 Å². The van der Waals surface area contributed by atoms with E-state index in [0.29, 0.717) is 22.4 Å². The summed E-state index contributed by atoms with van der Waals surface area (Å²) in [6.45, 7) is 0.235. The van der Waals surface area contributed by atoms with Crippen molar-refractivity contribution >= 4 is 22.8 Å². The molecule has 34 heavy (non-hydrogen) atoms. The molecule has 3 aromatic carbocycles. The predicted molar refractivity (Wildman–Crippen MR) is 122 cm³/mol. The second-order valence-electron chi connectivity index (χ2n) is 7.60. The second kappa shape index (κ2) is 9.74. The summed E-state index contributed by atoms with van der Waals surface area (Å²) in [6.07, 6.45) is 1.31. The molecular formula is C26H21F2NO5. The molecule has 0 bridgehead atoms. The molecule has 4 rings (SSSR count). The first-order chi connectivity index (χ1) is 16.4. The fraction of sp³-hybridized carbons (Fsp3) is 0.154. The van der Waals surface area contributed by atoms with Gasteiger partial charge in [0, 0.05) is 29.6 Å². The summed E-state index contributed by atoms with van der Waals surface area (Å²) in [5.74, 6) is -2.46. The number of benzene rings is 3. The van der Waals surface area contributed by atoms with E-state index in [1.54, 1.807) is 48.7 Å². The molecule has 0 atom stereocenters. The van der Waals surface area contributed by atoms with Gasteiger partial charge in [0.1, 0.15) is 18.1 Å². The molecule has 0 saturated carbocycles. The molecular weight excluding hydrogens is 444 g/mol. The van der Waals surface area contributed by atoms with Crippen LogP contribution in [-0.2, 0) is 11.4 Å². The molecule has 174 valence electrons. The van der Waals surface area contributed by atoms with Crippen molar-refractivity contribution in [1.29, 1.82) is 0 Å². The van der Waals surface area contributed by atoms with Gasteiger partial charge in [-0.1, -0.05) is 24.3 Å². The van der Waals surface area contributed by atoms with Crippen LogP contribution in [0, 0.1) is 11.6 Å². The van der Waals surface area contributed by atoms with E-state index in [2.05, 4.69) is 0 Å². The summed E-state index contributed by atoms with van der Waals surface area (Å²) in [6, 6.07) is 16.3. The Balaban J connectivity index is 1.50. The van der Waals surface area contributed by atoms with E-state index >= 15 is 0 Å². The van der Waals surface area contributed by atoms with Gasteiger partial charge in [-0.15, -0.1) is 0 Å². The summed E-state index contributed by atoms with van der Waals surface area (Å²) >= 11 is 0. The maximum atomic E-state index is 13.7. The van der Waals surface area contributed by atoms with Crippen molar-refractivity contribution in [3.63, 3.8) is 0 Å². The van der Waals surface area contributed by atoms with Gasteiger partial charge in [-0.3, -0.25) is 14.2 Å². The van der Waals surface area contributed by atoms with E-state index < -0.39 is 17.6 Å². The number of halogens is 2. The standard InChI is InChI=1S/C26H21F2NO5/c1-33-24-14-22(28)21(27)13-20(24)16-5-7-18(8-6-16)34-15-17-3-2-4-23-19(17)11-12-29(23)25(30)9-10-26(31)32/h2-8,11-14H,9-10,15H2,1H3,(H,31,32). The summed E-state index contributed by atoms with van der Waals surface area (Å²) in [5, 5.41) is 9.64. The molecule has 0 spiro atoms. The number of rotatable bonds is 8. The SMILES string of the molecule is COc1cc(F)c(F)cc1-c1ccc(OCc2cccc3c2ccn3C(=O)CCC(=O)O)cc1. The highest BCUT2D eigenvalue weighted by Crippen LogP contribution is 2.33. The summed E-state index contributed by atoms with van der Waals surface area (Å²) < 4.78 is 39.7. The number of carboxylic acids is 1. The van der Waals surface area contributed by atoms with E-state index in [0.717, 1.165) is 23.1 Å². The topological polar surface area (TPSA) is 77.8 Å². The largest absolute Gasteiger partial charge is 0.496 e. The molecule has 4 aromatic rings. The maximum Gasteiger partial charge on any atom is 0.303 e. The van der Waals surface area contributed by atoms with Gasteiger partial charge in [0.15, 0.2) is 11.6 Å². The molecule has 1 heterocycles. The average Bonchev–Trinajstić information content (AvgIpc) is 3.28. The Morgan fingerprint density at radius 1 is 0.971 bits per heavy atom. The molecule has 1 N–H and O–H groups in total. The van der Waals surface area contributed by atoms with Gasteiger partial charge in [-0.2, -0.15) is 0 Å². The Hall–Kier alpha value is -4.20. The van der Waals surface area contributed by atoms with E-state index in [1.807, 2.05) is 6.07 Å². The first-order valence-electron chi connectivity index (χ1n) is 10.5. The summed E-state index contributed by atoms with van der Waals surface area (Å²) in [7, 11) is 1.39. The van der Waals surface area contributed by atoms with Crippen molar-refractivity contribution in [3.05, 3.63) is 84.1 Å². The number of carbonyl (C=O) groups is 2. The Kier molecular flexibility index (Phi) is 6.58. The molecule has 0 unspecified atom stereocenters. The molecule has 8 heteroatoms. The van der Waals surface area contributed by atoms with Crippen LogP contribution < -0.4 is 9.47 Å². The molecule has 0 radical (unpaired) electrons. The molecule has 0 aliphatic rings. The van der Waals surface area contributed by atoms with Crippen LogP contribution in [0.1, 0.15) is 23.2 Å². The smallest absolute Gasteiger partial charge is 0.303 e. The number of carbonyl (C=O) groups excluding carboxylic acids is 1. The fourth-order valence-electron chi connectivity index (χ4n) is 3.72. The number of ether oxygens (including phenoxy) is 2. The number of hydrogen-bond acceptors (Lipinski definition) is 4. The van der Waals surface area contributed by atoms with Crippen LogP contribution in [0.5, 0.6) is 11.5 Å². The van der Waals surface area contributed by atoms with Crippen molar-refractivity contribution in [2.45, 2.75) is 19.4 Å². The molecule has 0 amide bonds. The summed E-state index contributed by atoms with van der Waals surface area (Å²) in [5.41, 5.74) is 2.60. The normalized spacial score (nSPS) is 10.9. The highest BCUT2D eigenvalue weighted by atomic mass is 19.2. The first-order valence-corrected chi connectivity index (χ1v) is 10.5. The third-order valence-corrected chi connectivity index (χ3v) is 5.45. The van der Waals surface area contributed by atoms with Crippen molar-refractivity contribution in [2.24, 2.45) is 0 Å². The molecule has 0 aliphatic carbocycles. The molecule has 0 fully saturated rings. The van der Waals surface area contributed by atoms with Gasteiger partial charge in [-0.05, 0) is 41.5 Å². The lowest BCUT2D eigenvalue weighted by Gasteiger charge is -2.11. The van der Waals surface area contributed by atoms with Crippen LogP contribution in [-0.4, -0.2) is 28.7 Å². The van der Waals surface area contributed by atoms with Crippen molar-refractivity contribution in [3.8, 4) is 22.6 Å². The van der Waals surface area contributed by atoms with Crippen LogP contribution in [0.3, 0.4) is 0 Å². The van der Waals surface area contributed by atoms with E-state index in [9.17, 15) is 18.4 Å². The molecule has 6 nitrogen and oxygen atoms in total. The minimum absolute atomic E-state index is 0.0884. The zero-order valence-corrected chi connectivity index (χ0v) is 18.3. The Bertz CT molecular complexity index is 1360. The minimum Gasteiger partial charge on any atom is -0.496 e. The Morgan fingerprint density at radius 2 is 1.71 bits per heavy atom. The Morgan fingerprint density at radius 3 is 2.41 bits per heavy atom. The second-order valence-corrected chi connectivity index (χ2v) is 7.60. The highest BCUT2D eigenvalue weighted by Gasteiger charge is 2.14. The van der Waals surface area contributed by atoms with Gasteiger partial charge in [0.25, 0.3) is 0 Å².